The summed E-state index contributed by atoms with van der Waals surface area (Å²) in [6, 6.07) is 11.1. The summed E-state index contributed by atoms with van der Waals surface area (Å²) in [5.74, 6) is 0.295. The second-order valence-corrected chi connectivity index (χ2v) is 12.5. The summed E-state index contributed by atoms with van der Waals surface area (Å²) in [7, 11) is 0. The molecule has 0 saturated heterocycles. The smallest absolute Gasteiger partial charge is 0.323 e. The molecule has 158 valence electrons. The van der Waals surface area contributed by atoms with E-state index in [0.29, 0.717) is 0 Å². The Morgan fingerprint density at radius 1 is 0.700 bits per heavy atom. The van der Waals surface area contributed by atoms with E-state index < -0.39 is 0 Å². The van der Waals surface area contributed by atoms with E-state index >= 15 is 0 Å². The van der Waals surface area contributed by atoms with Crippen molar-refractivity contribution in [2.75, 3.05) is 0 Å². The highest BCUT2D eigenvalue weighted by atomic mass is 16.5. The van der Waals surface area contributed by atoms with Crippen molar-refractivity contribution in [1.82, 2.24) is 0 Å². The first-order chi connectivity index (χ1) is 13.7. The first-order valence-electron chi connectivity index (χ1n) is 11.3. The Kier molecular flexibility index (Phi) is 3.69. The number of hydrogen-bond acceptors (Lipinski definition) is 2. The Morgan fingerprint density at radius 3 is 1.80 bits per heavy atom. The van der Waals surface area contributed by atoms with Gasteiger partial charge >= 0.3 is 5.97 Å². The van der Waals surface area contributed by atoms with E-state index in [0.717, 1.165) is 29.7 Å². The van der Waals surface area contributed by atoms with E-state index in [9.17, 15) is 4.79 Å². The van der Waals surface area contributed by atoms with Gasteiger partial charge in [-0.25, -0.2) is 0 Å². The lowest BCUT2D eigenvalue weighted by molar-refractivity contribution is -0.133. The van der Waals surface area contributed by atoms with Crippen LogP contribution in [-0.4, -0.2) is 5.97 Å². The predicted octanol–water partition coefficient (Wildman–Crippen LogP) is 6.66. The number of rotatable bonds is 1. The van der Waals surface area contributed by atoms with Crippen LogP contribution in [0, 0.1) is 0 Å². The summed E-state index contributed by atoms with van der Waals surface area (Å²) in [5.41, 5.74) is 8.10. The van der Waals surface area contributed by atoms with Gasteiger partial charge in [0.25, 0.3) is 0 Å². The minimum atomic E-state index is -0.324. The zero-order chi connectivity index (χ0) is 21.9. The van der Waals surface area contributed by atoms with Gasteiger partial charge in [-0.15, -0.1) is 0 Å². The topological polar surface area (TPSA) is 26.3 Å². The van der Waals surface area contributed by atoms with E-state index in [4.69, 9.17) is 4.74 Å². The van der Waals surface area contributed by atoms with Crippen LogP contribution in [0.2, 0.25) is 0 Å². The minimum absolute atomic E-state index is 0.0987. The Bertz CT molecular complexity index is 1100. The zero-order valence-corrected chi connectivity index (χ0v) is 19.7. The van der Waals surface area contributed by atoms with Gasteiger partial charge in [0.2, 0.25) is 0 Å². The van der Waals surface area contributed by atoms with Crippen LogP contribution in [0.4, 0.5) is 0 Å². The average molecular weight is 403 g/mol. The predicted molar refractivity (Wildman–Crippen MR) is 122 cm³/mol. The van der Waals surface area contributed by atoms with Crippen molar-refractivity contribution in [1.29, 1.82) is 0 Å². The van der Waals surface area contributed by atoms with E-state index in [2.05, 4.69) is 85.7 Å². The lowest BCUT2D eigenvalue weighted by atomic mass is 9.81. The van der Waals surface area contributed by atoms with Crippen molar-refractivity contribution in [3.05, 3.63) is 63.7 Å². The number of hydrogen-bond donors (Lipinski definition) is 0. The molecule has 1 heterocycles. The zero-order valence-electron chi connectivity index (χ0n) is 19.7. The van der Waals surface area contributed by atoms with Gasteiger partial charge in [0.15, 0.2) is 0 Å². The van der Waals surface area contributed by atoms with Crippen molar-refractivity contribution in [3.8, 4) is 5.75 Å². The fourth-order valence-electron chi connectivity index (χ4n) is 7.12. The van der Waals surface area contributed by atoms with Gasteiger partial charge in [-0.3, -0.25) is 4.79 Å². The molecule has 0 N–H and O–H groups in total. The fourth-order valence-corrected chi connectivity index (χ4v) is 7.12. The molecule has 0 saturated carbocycles. The third-order valence-corrected chi connectivity index (χ3v) is 7.97. The molecule has 3 aliphatic rings. The minimum Gasteiger partial charge on any atom is -0.425 e. The monoisotopic (exact) mass is 402 g/mol. The van der Waals surface area contributed by atoms with Crippen LogP contribution < -0.4 is 4.74 Å². The molecular formula is C28H34O2. The highest BCUT2D eigenvalue weighted by Gasteiger charge is 2.46. The van der Waals surface area contributed by atoms with Gasteiger partial charge in [-0.05, 0) is 68.4 Å². The molecule has 5 rings (SSSR count). The lowest BCUT2D eigenvalue weighted by Crippen LogP contribution is -2.18. The Hall–Kier alpha value is -2.09. The fraction of sp³-hybridized carbons (Fsp3) is 0.536. The van der Waals surface area contributed by atoms with Gasteiger partial charge in [0, 0.05) is 5.56 Å². The van der Waals surface area contributed by atoms with Gasteiger partial charge in [0.1, 0.15) is 11.7 Å². The highest BCUT2D eigenvalue weighted by Crippen LogP contribution is 2.54. The van der Waals surface area contributed by atoms with Crippen molar-refractivity contribution >= 4 is 5.97 Å². The first kappa shape index (κ1) is 19.8. The molecular weight excluding hydrogens is 368 g/mol. The molecule has 0 spiro atoms. The molecule has 0 fully saturated rings. The van der Waals surface area contributed by atoms with Gasteiger partial charge in [0.05, 0.1) is 0 Å². The number of carbonyl (C=O) groups excluding carboxylic acids is 1. The number of ether oxygens (including phenoxy) is 1. The summed E-state index contributed by atoms with van der Waals surface area (Å²) in [6.07, 6.45) is 2.24. The maximum Gasteiger partial charge on any atom is 0.323 e. The van der Waals surface area contributed by atoms with Crippen LogP contribution in [0.15, 0.2) is 30.3 Å². The molecule has 0 radical (unpaired) electrons. The molecule has 2 heteroatoms. The molecule has 0 amide bonds. The second-order valence-electron chi connectivity index (χ2n) is 12.5. The Morgan fingerprint density at radius 2 is 1.20 bits per heavy atom. The normalized spacial score (nSPS) is 26.1. The molecule has 30 heavy (non-hydrogen) atoms. The Balaban J connectivity index is 1.66. The van der Waals surface area contributed by atoms with Crippen molar-refractivity contribution in [2.45, 2.75) is 95.8 Å². The molecule has 2 aromatic carbocycles. The standard InChI is InChI=1S/C28H34O2/c1-25(2)14-26(3,4)19-11-16(9-10-18(19)25)23-17-12-20-21(13-22(17)30-24(23)29)28(7,8)15-27(20,5)6/h9-13,23H,14-15H2,1-8H3. The number of carbonyl (C=O) groups is 1. The number of benzene rings is 2. The van der Waals surface area contributed by atoms with Crippen molar-refractivity contribution in [2.24, 2.45) is 0 Å². The molecule has 1 atom stereocenters. The number of fused-ring (bicyclic) bond motifs is 3. The maximum atomic E-state index is 13.0. The molecule has 0 aromatic heterocycles. The molecule has 1 unspecified atom stereocenters. The van der Waals surface area contributed by atoms with Crippen LogP contribution >= 0.6 is 0 Å². The third-order valence-electron chi connectivity index (χ3n) is 7.97. The average Bonchev–Trinajstić information content (AvgIpc) is 3.08. The summed E-state index contributed by atoms with van der Waals surface area (Å²) in [4.78, 5) is 13.0. The van der Waals surface area contributed by atoms with Crippen LogP contribution in [0.5, 0.6) is 5.75 Å². The van der Waals surface area contributed by atoms with Crippen LogP contribution in [0.3, 0.4) is 0 Å². The van der Waals surface area contributed by atoms with Gasteiger partial charge in [-0.1, -0.05) is 79.7 Å². The van der Waals surface area contributed by atoms with E-state index in [-0.39, 0.29) is 33.5 Å². The lowest BCUT2D eigenvalue weighted by Gasteiger charge is -2.22. The van der Waals surface area contributed by atoms with E-state index in [1.54, 1.807) is 0 Å². The van der Waals surface area contributed by atoms with Gasteiger partial charge in [-0.2, -0.15) is 0 Å². The van der Waals surface area contributed by atoms with Crippen molar-refractivity contribution in [3.63, 3.8) is 0 Å². The van der Waals surface area contributed by atoms with Crippen LogP contribution in [0.25, 0.3) is 0 Å². The molecule has 2 aromatic rings. The summed E-state index contributed by atoms with van der Waals surface area (Å²) < 4.78 is 5.83. The highest BCUT2D eigenvalue weighted by molar-refractivity contribution is 5.90. The first-order valence-corrected chi connectivity index (χ1v) is 11.3. The van der Waals surface area contributed by atoms with Gasteiger partial charge < -0.3 is 4.74 Å². The number of esters is 1. The summed E-state index contributed by atoms with van der Waals surface area (Å²) in [5, 5.41) is 0. The quantitative estimate of drug-likeness (QED) is 0.394. The maximum absolute atomic E-state index is 13.0. The third kappa shape index (κ3) is 2.58. The molecule has 1 aliphatic heterocycles. The molecule has 2 nitrogen and oxygen atoms in total. The Labute approximate surface area is 181 Å². The summed E-state index contributed by atoms with van der Waals surface area (Å²) >= 11 is 0. The van der Waals surface area contributed by atoms with E-state index in [1.807, 2.05) is 0 Å². The largest absolute Gasteiger partial charge is 0.425 e. The van der Waals surface area contributed by atoms with E-state index in [1.165, 1.54) is 22.3 Å². The SMILES string of the molecule is CC1(C)CC(C)(C)c2cc(C3C(=O)Oc4cc5c(cc43)C(C)(C)CC5(C)C)ccc21. The molecule has 0 bridgehead atoms. The van der Waals surface area contributed by atoms with Crippen LogP contribution in [0.1, 0.15) is 108 Å². The molecule has 2 aliphatic carbocycles. The summed E-state index contributed by atoms with van der Waals surface area (Å²) in [6.45, 7) is 18.5. The second kappa shape index (κ2) is 5.58. The van der Waals surface area contributed by atoms with Crippen molar-refractivity contribution < 1.29 is 9.53 Å². The van der Waals surface area contributed by atoms with Crippen LogP contribution in [-0.2, 0) is 26.5 Å².